The van der Waals surface area contributed by atoms with E-state index in [2.05, 4.69) is 39.0 Å². The number of halogens is 1. The maximum Gasteiger partial charge on any atom is 0.336 e. The molecule has 4 aromatic rings. The van der Waals surface area contributed by atoms with E-state index in [1.165, 1.54) is 11.6 Å². The Labute approximate surface area is 256 Å². The molecule has 0 radical (unpaired) electrons. The van der Waals surface area contributed by atoms with E-state index in [0.29, 0.717) is 28.9 Å². The van der Waals surface area contributed by atoms with Crippen molar-refractivity contribution < 1.29 is 19.0 Å². The molecule has 1 atom stereocenters. The molecule has 4 aromatic carbocycles. The highest BCUT2D eigenvalue weighted by molar-refractivity contribution is 6.30. The Morgan fingerprint density at radius 1 is 1.00 bits per heavy atom. The first-order valence-corrected chi connectivity index (χ1v) is 14.2. The number of rotatable bonds is 7. The zero-order valence-electron chi connectivity index (χ0n) is 24.1. The van der Waals surface area contributed by atoms with Gasteiger partial charge in [0.15, 0.2) is 0 Å². The summed E-state index contributed by atoms with van der Waals surface area (Å²) in [6.07, 6.45) is 3.09. The molecule has 5 rings (SSSR count). The fraction of sp³-hybridized carbons (Fsp3) is 0.167. The van der Waals surface area contributed by atoms with Gasteiger partial charge in [-0.15, -0.1) is 0 Å². The number of allylic oxidation sites excluding steroid dienone is 1. The fourth-order valence-electron chi connectivity index (χ4n) is 4.78. The van der Waals surface area contributed by atoms with E-state index in [1.807, 2.05) is 60.7 Å². The first-order chi connectivity index (χ1) is 20.6. The number of nitriles is 1. The zero-order chi connectivity index (χ0) is 30.6. The lowest BCUT2D eigenvalue weighted by molar-refractivity contribution is -0.128. The summed E-state index contributed by atoms with van der Waals surface area (Å²) in [6.45, 7) is 6.82. The molecular formula is C36H31ClN2O4. The Kier molecular flexibility index (Phi) is 8.56. The molecular weight excluding hydrogens is 560 g/mol. The summed E-state index contributed by atoms with van der Waals surface area (Å²) in [4.78, 5) is 12.6. The van der Waals surface area contributed by atoms with E-state index in [1.54, 1.807) is 24.3 Å². The summed E-state index contributed by atoms with van der Waals surface area (Å²) in [6, 6.07) is 30.3. The molecule has 2 N–H and O–H groups in total. The monoisotopic (exact) mass is 590 g/mol. The van der Waals surface area contributed by atoms with Crippen LogP contribution in [0.25, 0.3) is 6.08 Å². The van der Waals surface area contributed by atoms with Crippen LogP contribution in [0.15, 0.2) is 109 Å². The van der Waals surface area contributed by atoms with E-state index >= 15 is 0 Å². The Balaban J connectivity index is 1.33. The third kappa shape index (κ3) is 7.09. The van der Waals surface area contributed by atoms with Crippen molar-refractivity contribution in [2.24, 2.45) is 5.73 Å². The van der Waals surface area contributed by atoms with Crippen LogP contribution < -0.4 is 19.9 Å². The molecule has 216 valence electrons. The van der Waals surface area contributed by atoms with Crippen molar-refractivity contribution in [3.8, 4) is 23.3 Å². The van der Waals surface area contributed by atoms with Gasteiger partial charge in [-0.05, 0) is 64.1 Å². The second-order valence-electron chi connectivity index (χ2n) is 11.2. The van der Waals surface area contributed by atoms with E-state index in [9.17, 15) is 10.1 Å². The van der Waals surface area contributed by atoms with Crippen molar-refractivity contribution in [3.05, 3.63) is 141 Å². The summed E-state index contributed by atoms with van der Waals surface area (Å²) in [5, 5.41) is 10.6. The number of benzene rings is 4. The van der Waals surface area contributed by atoms with Gasteiger partial charge in [0, 0.05) is 22.7 Å². The highest BCUT2D eigenvalue weighted by atomic mass is 35.5. The lowest BCUT2D eigenvalue weighted by Crippen LogP contribution is -2.21. The number of ether oxygens (including phenoxy) is 3. The molecule has 0 bridgehead atoms. The van der Waals surface area contributed by atoms with Crippen LogP contribution in [0.3, 0.4) is 0 Å². The normalized spacial score (nSPS) is 14.5. The van der Waals surface area contributed by atoms with Crippen molar-refractivity contribution in [2.75, 3.05) is 0 Å². The summed E-state index contributed by atoms with van der Waals surface area (Å²) in [7, 11) is 0. The Bertz CT molecular complexity index is 1740. The van der Waals surface area contributed by atoms with Gasteiger partial charge in [-0.1, -0.05) is 87.0 Å². The average Bonchev–Trinajstić information content (AvgIpc) is 2.99. The number of hydrogen-bond donors (Lipinski definition) is 1. The fourth-order valence-corrected chi connectivity index (χ4v) is 4.91. The van der Waals surface area contributed by atoms with Crippen LogP contribution in [0.2, 0.25) is 5.02 Å². The second kappa shape index (κ2) is 12.5. The van der Waals surface area contributed by atoms with Gasteiger partial charge in [-0.25, -0.2) is 4.79 Å². The molecule has 43 heavy (non-hydrogen) atoms. The van der Waals surface area contributed by atoms with E-state index in [0.717, 1.165) is 22.3 Å². The average molecular weight is 591 g/mol. The maximum absolute atomic E-state index is 12.6. The zero-order valence-corrected chi connectivity index (χ0v) is 24.9. The number of carbonyl (C=O) groups excluding carboxylic acids is 1. The van der Waals surface area contributed by atoms with Gasteiger partial charge in [-0.2, -0.15) is 5.26 Å². The van der Waals surface area contributed by atoms with Gasteiger partial charge < -0.3 is 19.9 Å². The van der Waals surface area contributed by atoms with Crippen molar-refractivity contribution in [1.29, 1.82) is 5.26 Å². The smallest absolute Gasteiger partial charge is 0.336 e. The minimum absolute atomic E-state index is 0.00504. The minimum Gasteiger partial charge on any atom is -0.489 e. The predicted molar refractivity (Wildman–Crippen MR) is 168 cm³/mol. The van der Waals surface area contributed by atoms with Gasteiger partial charge in [-0.3, -0.25) is 0 Å². The summed E-state index contributed by atoms with van der Waals surface area (Å²) < 4.78 is 17.4. The third-order valence-corrected chi connectivity index (χ3v) is 7.36. The van der Waals surface area contributed by atoms with Crippen LogP contribution in [-0.4, -0.2) is 5.97 Å². The highest BCUT2D eigenvalue weighted by Gasteiger charge is 2.31. The van der Waals surface area contributed by atoms with Gasteiger partial charge >= 0.3 is 5.97 Å². The quantitative estimate of drug-likeness (QED) is 0.133. The molecule has 1 heterocycles. The second-order valence-corrected chi connectivity index (χ2v) is 11.7. The van der Waals surface area contributed by atoms with Crippen LogP contribution in [0.4, 0.5) is 0 Å². The first-order valence-electron chi connectivity index (χ1n) is 13.8. The molecule has 0 saturated heterocycles. The maximum atomic E-state index is 12.6. The molecule has 0 fully saturated rings. The number of fused-ring (bicyclic) bond motifs is 1. The lowest BCUT2D eigenvalue weighted by Gasteiger charge is -2.27. The van der Waals surface area contributed by atoms with Crippen LogP contribution in [0, 0.1) is 11.3 Å². The highest BCUT2D eigenvalue weighted by Crippen LogP contribution is 2.44. The predicted octanol–water partition coefficient (Wildman–Crippen LogP) is 8.05. The Morgan fingerprint density at radius 3 is 2.44 bits per heavy atom. The van der Waals surface area contributed by atoms with Crippen LogP contribution in [0.1, 0.15) is 54.5 Å². The van der Waals surface area contributed by atoms with Crippen molar-refractivity contribution >= 4 is 23.6 Å². The number of nitrogens with zero attached hydrogens (tertiary/aromatic N) is 1. The van der Waals surface area contributed by atoms with Gasteiger partial charge in [0.25, 0.3) is 0 Å². The number of nitrogens with two attached hydrogens (primary N) is 1. The van der Waals surface area contributed by atoms with E-state index in [4.69, 9.17) is 31.5 Å². The molecule has 0 aliphatic carbocycles. The largest absolute Gasteiger partial charge is 0.489 e. The molecule has 0 saturated carbocycles. The van der Waals surface area contributed by atoms with Crippen molar-refractivity contribution in [2.45, 2.75) is 38.7 Å². The molecule has 1 unspecified atom stereocenters. The van der Waals surface area contributed by atoms with Crippen LogP contribution >= 0.6 is 11.6 Å². The Hall–Kier alpha value is -4.99. The molecule has 1 aliphatic heterocycles. The molecule has 7 heteroatoms. The minimum atomic E-state index is -0.529. The summed E-state index contributed by atoms with van der Waals surface area (Å²) in [5.41, 5.74) is 11.1. The topological polar surface area (TPSA) is 94.6 Å². The lowest BCUT2D eigenvalue weighted by atomic mass is 9.83. The number of hydrogen-bond acceptors (Lipinski definition) is 6. The van der Waals surface area contributed by atoms with Gasteiger partial charge in [0.05, 0.1) is 5.92 Å². The van der Waals surface area contributed by atoms with Crippen LogP contribution in [0.5, 0.6) is 17.2 Å². The van der Waals surface area contributed by atoms with Crippen LogP contribution in [-0.2, 0) is 16.8 Å². The summed E-state index contributed by atoms with van der Waals surface area (Å²) >= 11 is 5.98. The SMILES string of the molecule is CC(C)(C)c1ccc(/C=C/C(=O)Oc2ccc3c(c2)OC(N)=C(C#N)C3c2cccc(OCc3ccc(Cl)cc3)c2)cc1. The molecule has 1 aliphatic rings. The Morgan fingerprint density at radius 2 is 1.74 bits per heavy atom. The standard InChI is InChI=1S/C36H31ClN2O4/c1-36(2,3)26-12-7-23(8-13-26)11-18-33(40)42-29-16-17-30-32(20-29)43-35(39)31(21-38)34(30)25-5-4-6-28(19-25)41-22-24-9-14-27(37)15-10-24/h4-20,34H,22,39H2,1-3H3/b18-11+. The van der Waals surface area contributed by atoms with Crippen molar-refractivity contribution in [3.63, 3.8) is 0 Å². The molecule has 0 spiro atoms. The van der Waals surface area contributed by atoms with Crippen molar-refractivity contribution in [1.82, 2.24) is 0 Å². The van der Waals surface area contributed by atoms with E-state index in [-0.39, 0.29) is 16.9 Å². The number of carbonyl (C=O) groups is 1. The number of esters is 1. The third-order valence-electron chi connectivity index (χ3n) is 7.11. The summed E-state index contributed by atoms with van der Waals surface area (Å²) in [5.74, 6) is 0.313. The first kappa shape index (κ1) is 29.5. The van der Waals surface area contributed by atoms with Gasteiger partial charge in [0.1, 0.15) is 35.5 Å². The molecule has 0 aromatic heterocycles. The molecule has 0 amide bonds. The van der Waals surface area contributed by atoms with E-state index < -0.39 is 11.9 Å². The van der Waals surface area contributed by atoms with Gasteiger partial charge in [0.2, 0.25) is 5.88 Å². The molecule has 6 nitrogen and oxygen atoms in total.